The van der Waals surface area contributed by atoms with Crippen LogP contribution < -0.4 is 0 Å². The number of rotatable bonds is 3. The molecule has 9 aromatic carbocycles. The standard InChI is InChI=1S/C49H27N3O/c1-2-11-31-25-33(22-19-28(31)9-1)47-50-48(34-23-24-36-32(26-34)21-20-29-10-3-4-14-35(29)36)52-49(51-47)46-44-39-17-8-13-30-12-7-16-37(43(30)39)40(44)27-42-45(46)38-15-5-6-18-41(38)53-42/h1-27H. The number of para-hydroxylation sites is 1. The number of furan rings is 1. The van der Waals surface area contributed by atoms with Crippen LogP contribution in [0.2, 0.25) is 0 Å². The highest BCUT2D eigenvalue weighted by Crippen LogP contribution is 2.54. The molecule has 0 saturated carbocycles. The van der Waals surface area contributed by atoms with E-state index in [1.165, 1.54) is 43.4 Å². The second-order valence-electron chi connectivity index (χ2n) is 13.9. The minimum atomic E-state index is 0.620. The van der Waals surface area contributed by atoms with Crippen molar-refractivity contribution >= 4 is 65.0 Å². The predicted molar refractivity (Wildman–Crippen MR) is 218 cm³/mol. The van der Waals surface area contributed by atoms with E-state index in [1.807, 2.05) is 12.1 Å². The first-order chi connectivity index (χ1) is 26.2. The third-order valence-corrected chi connectivity index (χ3v) is 11.0. The monoisotopic (exact) mass is 673 g/mol. The molecule has 4 nitrogen and oxygen atoms in total. The quantitative estimate of drug-likeness (QED) is 0.175. The summed E-state index contributed by atoms with van der Waals surface area (Å²) in [6.07, 6.45) is 0. The molecule has 244 valence electrons. The van der Waals surface area contributed by atoms with Gasteiger partial charge in [-0.05, 0) is 84.0 Å². The number of benzene rings is 9. The van der Waals surface area contributed by atoms with Crippen LogP contribution in [0.5, 0.6) is 0 Å². The summed E-state index contributed by atoms with van der Waals surface area (Å²) in [7, 11) is 0. The van der Waals surface area contributed by atoms with E-state index in [1.54, 1.807) is 0 Å². The van der Waals surface area contributed by atoms with Crippen LogP contribution in [0.4, 0.5) is 0 Å². The lowest BCUT2D eigenvalue weighted by molar-refractivity contribution is 0.669. The van der Waals surface area contributed by atoms with Gasteiger partial charge in [0.2, 0.25) is 0 Å². The van der Waals surface area contributed by atoms with E-state index in [9.17, 15) is 0 Å². The molecule has 0 amide bonds. The molecule has 53 heavy (non-hydrogen) atoms. The van der Waals surface area contributed by atoms with E-state index in [2.05, 4.69) is 152 Å². The molecule has 12 rings (SSSR count). The zero-order valence-corrected chi connectivity index (χ0v) is 28.3. The van der Waals surface area contributed by atoms with Crippen molar-refractivity contribution in [1.29, 1.82) is 0 Å². The van der Waals surface area contributed by atoms with E-state index in [0.717, 1.165) is 60.5 Å². The Labute approximate surface area is 303 Å². The Morgan fingerprint density at radius 2 is 0.925 bits per heavy atom. The smallest absolute Gasteiger partial charge is 0.165 e. The van der Waals surface area contributed by atoms with Crippen LogP contribution in [0.25, 0.3) is 121 Å². The summed E-state index contributed by atoms with van der Waals surface area (Å²) < 4.78 is 6.62. The largest absolute Gasteiger partial charge is 0.456 e. The summed E-state index contributed by atoms with van der Waals surface area (Å²) in [5.74, 6) is 1.87. The Hall–Kier alpha value is -7.17. The van der Waals surface area contributed by atoms with Gasteiger partial charge in [0.05, 0.1) is 0 Å². The molecule has 4 heteroatoms. The van der Waals surface area contributed by atoms with Crippen molar-refractivity contribution in [3.63, 3.8) is 0 Å². The number of nitrogens with zero attached hydrogens (tertiary/aromatic N) is 3. The van der Waals surface area contributed by atoms with E-state index in [-0.39, 0.29) is 0 Å². The predicted octanol–water partition coefficient (Wildman–Crippen LogP) is 13.0. The van der Waals surface area contributed by atoms with Crippen LogP contribution in [0.15, 0.2) is 168 Å². The van der Waals surface area contributed by atoms with Gasteiger partial charge in [0.15, 0.2) is 17.5 Å². The summed E-state index contributed by atoms with van der Waals surface area (Å²) in [6, 6.07) is 57.9. The van der Waals surface area contributed by atoms with E-state index in [4.69, 9.17) is 19.4 Å². The molecule has 1 aliphatic carbocycles. The van der Waals surface area contributed by atoms with Gasteiger partial charge < -0.3 is 4.42 Å². The fourth-order valence-corrected chi connectivity index (χ4v) is 8.60. The average Bonchev–Trinajstić information content (AvgIpc) is 3.76. The summed E-state index contributed by atoms with van der Waals surface area (Å²) in [6.45, 7) is 0. The van der Waals surface area contributed by atoms with Crippen LogP contribution in [0.3, 0.4) is 0 Å². The Bertz CT molecular complexity index is 3350. The van der Waals surface area contributed by atoms with E-state index >= 15 is 0 Å². The first-order valence-corrected chi connectivity index (χ1v) is 17.9. The summed E-state index contributed by atoms with van der Waals surface area (Å²) in [5.41, 5.74) is 9.12. The molecular weight excluding hydrogens is 647 g/mol. The van der Waals surface area contributed by atoms with Crippen LogP contribution in [-0.4, -0.2) is 15.0 Å². The molecule has 0 N–H and O–H groups in total. The lowest BCUT2D eigenvalue weighted by Crippen LogP contribution is -2.02. The zero-order chi connectivity index (χ0) is 34.6. The van der Waals surface area contributed by atoms with Gasteiger partial charge in [-0.2, -0.15) is 0 Å². The Morgan fingerprint density at radius 1 is 0.321 bits per heavy atom. The van der Waals surface area contributed by atoms with Crippen molar-refractivity contribution in [3.05, 3.63) is 164 Å². The maximum atomic E-state index is 6.62. The highest BCUT2D eigenvalue weighted by Gasteiger charge is 2.30. The topological polar surface area (TPSA) is 51.8 Å². The maximum absolute atomic E-state index is 6.62. The van der Waals surface area contributed by atoms with Crippen LogP contribution in [-0.2, 0) is 0 Å². The fourth-order valence-electron chi connectivity index (χ4n) is 8.60. The van der Waals surface area contributed by atoms with Crippen molar-refractivity contribution in [1.82, 2.24) is 15.0 Å². The summed E-state index contributed by atoms with van der Waals surface area (Å²) >= 11 is 0. The molecule has 2 aromatic heterocycles. The minimum Gasteiger partial charge on any atom is -0.456 e. The van der Waals surface area contributed by atoms with Gasteiger partial charge in [-0.3, -0.25) is 0 Å². The molecule has 0 spiro atoms. The molecule has 0 atom stereocenters. The Balaban J connectivity index is 1.19. The van der Waals surface area contributed by atoms with Gasteiger partial charge in [0.25, 0.3) is 0 Å². The highest BCUT2D eigenvalue weighted by molar-refractivity contribution is 6.25. The Kier molecular flexibility index (Phi) is 5.74. The maximum Gasteiger partial charge on any atom is 0.165 e. The van der Waals surface area contributed by atoms with Crippen LogP contribution in [0.1, 0.15) is 0 Å². The molecule has 0 aliphatic heterocycles. The van der Waals surface area contributed by atoms with Crippen molar-refractivity contribution < 1.29 is 4.42 Å². The third kappa shape index (κ3) is 4.15. The zero-order valence-electron chi connectivity index (χ0n) is 28.3. The lowest BCUT2D eigenvalue weighted by atomic mass is 9.93. The summed E-state index contributed by atoms with van der Waals surface area (Å²) in [5, 5.41) is 11.6. The number of hydrogen-bond acceptors (Lipinski definition) is 4. The van der Waals surface area contributed by atoms with Gasteiger partial charge in [-0.15, -0.1) is 0 Å². The summed E-state index contributed by atoms with van der Waals surface area (Å²) in [4.78, 5) is 16.0. The normalized spacial score (nSPS) is 12.2. The lowest BCUT2D eigenvalue weighted by Gasteiger charge is -2.14. The second-order valence-corrected chi connectivity index (χ2v) is 13.9. The first kappa shape index (κ1) is 28.5. The molecule has 0 bridgehead atoms. The second kappa shape index (κ2) is 10.7. The van der Waals surface area contributed by atoms with E-state index in [0.29, 0.717) is 17.5 Å². The highest BCUT2D eigenvalue weighted by atomic mass is 16.3. The Morgan fingerprint density at radius 3 is 1.77 bits per heavy atom. The molecular formula is C49H27N3O. The third-order valence-electron chi connectivity index (χ3n) is 11.0. The van der Waals surface area contributed by atoms with Crippen molar-refractivity contribution in [2.24, 2.45) is 0 Å². The SMILES string of the molecule is c1ccc2cc(-c3nc(-c4ccc5c(ccc6ccccc65)c4)nc(-c4c5c(cc6oc7ccccc7c46)-c4cccc6cccc-5c46)n3)ccc2c1. The molecule has 2 heterocycles. The minimum absolute atomic E-state index is 0.620. The van der Waals surface area contributed by atoms with Crippen molar-refractivity contribution in [2.45, 2.75) is 0 Å². The number of aromatic nitrogens is 3. The molecule has 0 fully saturated rings. The van der Waals surface area contributed by atoms with Gasteiger partial charge in [0.1, 0.15) is 11.2 Å². The van der Waals surface area contributed by atoms with Gasteiger partial charge in [-0.1, -0.05) is 140 Å². The molecule has 0 saturated heterocycles. The van der Waals surface area contributed by atoms with Crippen LogP contribution in [0, 0.1) is 0 Å². The molecule has 0 radical (unpaired) electrons. The molecule has 1 aliphatic rings. The van der Waals surface area contributed by atoms with Gasteiger partial charge >= 0.3 is 0 Å². The molecule has 11 aromatic rings. The fraction of sp³-hybridized carbons (Fsp3) is 0. The van der Waals surface area contributed by atoms with Gasteiger partial charge in [0, 0.05) is 33.0 Å². The van der Waals surface area contributed by atoms with Gasteiger partial charge in [-0.25, -0.2) is 15.0 Å². The molecule has 0 unspecified atom stereocenters. The van der Waals surface area contributed by atoms with E-state index < -0.39 is 0 Å². The number of fused-ring (bicyclic) bond motifs is 10. The van der Waals surface area contributed by atoms with Crippen molar-refractivity contribution in [3.8, 4) is 56.4 Å². The van der Waals surface area contributed by atoms with Crippen molar-refractivity contribution in [2.75, 3.05) is 0 Å². The first-order valence-electron chi connectivity index (χ1n) is 17.9. The average molecular weight is 674 g/mol. The number of hydrogen-bond donors (Lipinski definition) is 0. The van der Waals surface area contributed by atoms with Crippen LogP contribution >= 0.6 is 0 Å².